The van der Waals surface area contributed by atoms with Crippen LogP contribution >= 0.6 is 0 Å². The normalized spacial score (nSPS) is 22.4. The first-order chi connectivity index (χ1) is 8.86. The van der Waals surface area contributed by atoms with Gasteiger partial charge in [-0.3, -0.25) is 4.68 Å². The van der Waals surface area contributed by atoms with E-state index < -0.39 is 0 Å². The van der Waals surface area contributed by atoms with E-state index in [4.69, 9.17) is 0 Å². The summed E-state index contributed by atoms with van der Waals surface area (Å²) in [6.07, 6.45) is 5.42. The maximum atomic E-state index is 4.45. The Morgan fingerprint density at radius 3 is 2.32 bits per heavy atom. The van der Waals surface area contributed by atoms with Crippen molar-refractivity contribution in [2.45, 2.75) is 60.5 Å². The number of aromatic nitrogens is 2. The molecule has 1 heterocycles. The molecule has 1 aromatic heterocycles. The van der Waals surface area contributed by atoms with Crippen molar-refractivity contribution in [1.82, 2.24) is 15.1 Å². The van der Waals surface area contributed by atoms with Crippen molar-refractivity contribution in [2.24, 2.45) is 16.7 Å². The molecule has 1 fully saturated rings. The first-order valence-corrected chi connectivity index (χ1v) is 7.62. The topological polar surface area (TPSA) is 29.9 Å². The van der Waals surface area contributed by atoms with Crippen LogP contribution in [-0.2, 0) is 6.54 Å². The molecule has 1 N–H and O–H groups in total. The van der Waals surface area contributed by atoms with E-state index in [2.05, 4.69) is 58.2 Å². The first-order valence-electron chi connectivity index (χ1n) is 7.62. The Hall–Kier alpha value is -0.830. The Bertz CT molecular complexity index is 417. The van der Waals surface area contributed by atoms with E-state index in [-0.39, 0.29) is 0 Å². The number of nitrogens with zero attached hydrogens (tertiary/aromatic N) is 2. The molecule has 1 aliphatic rings. The van der Waals surface area contributed by atoms with Gasteiger partial charge in [0.1, 0.15) is 0 Å². The summed E-state index contributed by atoms with van der Waals surface area (Å²) >= 11 is 0. The SMILES string of the molecule is CCCNC(c1cnn(CC)c1)C1C(C)(C)C1(C)C. The van der Waals surface area contributed by atoms with Crippen LogP contribution in [-0.4, -0.2) is 16.3 Å². The Morgan fingerprint density at radius 1 is 1.26 bits per heavy atom. The summed E-state index contributed by atoms with van der Waals surface area (Å²) in [5.74, 6) is 0.682. The second kappa shape index (κ2) is 4.93. The van der Waals surface area contributed by atoms with Crippen LogP contribution in [0, 0.1) is 16.7 Å². The highest BCUT2D eigenvalue weighted by Crippen LogP contribution is 2.72. The maximum absolute atomic E-state index is 4.45. The second-order valence-electron chi connectivity index (χ2n) is 6.98. The van der Waals surface area contributed by atoms with Crippen LogP contribution in [0.2, 0.25) is 0 Å². The molecule has 0 aromatic carbocycles. The molecule has 0 aliphatic heterocycles. The van der Waals surface area contributed by atoms with Gasteiger partial charge in [0.2, 0.25) is 0 Å². The van der Waals surface area contributed by atoms with E-state index in [9.17, 15) is 0 Å². The van der Waals surface area contributed by atoms with Crippen molar-refractivity contribution >= 4 is 0 Å². The zero-order valence-corrected chi connectivity index (χ0v) is 13.3. The van der Waals surface area contributed by atoms with E-state index in [1.165, 1.54) is 12.0 Å². The minimum atomic E-state index is 0.396. The van der Waals surface area contributed by atoms with Gasteiger partial charge in [-0.15, -0.1) is 0 Å². The van der Waals surface area contributed by atoms with Gasteiger partial charge in [0.05, 0.1) is 6.20 Å². The molecular formula is C16H29N3. The van der Waals surface area contributed by atoms with E-state index in [1.807, 2.05) is 10.9 Å². The molecule has 1 aromatic rings. The van der Waals surface area contributed by atoms with Crippen LogP contribution < -0.4 is 5.32 Å². The predicted octanol–water partition coefficient (Wildman–Crippen LogP) is 3.63. The fraction of sp³-hybridized carbons (Fsp3) is 0.812. The van der Waals surface area contributed by atoms with E-state index in [1.54, 1.807) is 0 Å². The number of aryl methyl sites for hydroxylation is 1. The van der Waals surface area contributed by atoms with Crippen LogP contribution in [0.15, 0.2) is 12.4 Å². The van der Waals surface area contributed by atoms with Crippen molar-refractivity contribution in [3.05, 3.63) is 18.0 Å². The summed E-state index contributed by atoms with van der Waals surface area (Å²) in [5.41, 5.74) is 2.14. The molecule has 1 atom stereocenters. The lowest BCUT2D eigenvalue weighted by Crippen LogP contribution is -2.26. The first kappa shape index (κ1) is 14.6. The summed E-state index contributed by atoms with van der Waals surface area (Å²) in [6.45, 7) is 15.9. The fourth-order valence-electron chi connectivity index (χ4n) is 3.52. The number of hydrogen-bond donors (Lipinski definition) is 1. The highest BCUT2D eigenvalue weighted by Gasteiger charge is 2.67. The molecular weight excluding hydrogens is 234 g/mol. The van der Waals surface area contributed by atoms with Gasteiger partial charge in [0.25, 0.3) is 0 Å². The van der Waals surface area contributed by atoms with E-state index >= 15 is 0 Å². The number of nitrogens with one attached hydrogen (secondary N) is 1. The molecule has 1 saturated carbocycles. The van der Waals surface area contributed by atoms with Crippen LogP contribution in [0.3, 0.4) is 0 Å². The lowest BCUT2D eigenvalue weighted by atomic mass is 9.99. The van der Waals surface area contributed by atoms with Crippen LogP contribution in [0.25, 0.3) is 0 Å². The minimum absolute atomic E-state index is 0.396. The summed E-state index contributed by atoms with van der Waals surface area (Å²) in [7, 11) is 0. The minimum Gasteiger partial charge on any atom is -0.310 e. The average Bonchev–Trinajstić information content (AvgIpc) is 2.75. The molecule has 108 valence electrons. The molecule has 3 nitrogen and oxygen atoms in total. The number of rotatable bonds is 6. The molecule has 0 spiro atoms. The third-order valence-corrected chi connectivity index (χ3v) is 5.42. The lowest BCUT2D eigenvalue weighted by Gasteiger charge is -2.19. The van der Waals surface area contributed by atoms with Gasteiger partial charge in [0, 0.05) is 24.3 Å². The lowest BCUT2D eigenvalue weighted by molar-refractivity contribution is 0.409. The summed E-state index contributed by atoms with van der Waals surface area (Å²) in [4.78, 5) is 0. The Balaban J connectivity index is 2.22. The molecule has 0 amide bonds. The summed E-state index contributed by atoms with van der Waals surface area (Å²) in [6, 6.07) is 0.435. The molecule has 0 radical (unpaired) electrons. The molecule has 2 rings (SSSR count). The smallest absolute Gasteiger partial charge is 0.0537 e. The summed E-state index contributed by atoms with van der Waals surface area (Å²) < 4.78 is 2.03. The van der Waals surface area contributed by atoms with Gasteiger partial charge >= 0.3 is 0 Å². The van der Waals surface area contributed by atoms with Gasteiger partial charge in [-0.05, 0) is 36.6 Å². The number of hydrogen-bond acceptors (Lipinski definition) is 2. The van der Waals surface area contributed by atoms with E-state index in [0.717, 1.165) is 13.1 Å². The Kier molecular flexibility index (Phi) is 3.78. The Labute approximate surface area is 117 Å². The molecule has 0 bridgehead atoms. The van der Waals surface area contributed by atoms with Gasteiger partial charge < -0.3 is 5.32 Å². The van der Waals surface area contributed by atoms with Crippen molar-refractivity contribution in [3.63, 3.8) is 0 Å². The zero-order valence-electron chi connectivity index (χ0n) is 13.3. The zero-order chi connectivity index (χ0) is 14.3. The molecule has 19 heavy (non-hydrogen) atoms. The van der Waals surface area contributed by atoms with Crippen molar-refractivity contribution < 1.29 is 0 Å². The standard InChI is InChI=1S/C16H29N3/c1-7-9-17-13(12-10-18-19(8-2)11-12)14-15(3,4)16(14,5)6/h10-11,13-14,17H,7-9H2,1-6H3. The fourth-order valence-corrected chi connectivity index (χ4v) is 3.52. The summed E-state index contributed by atoms with van der Waals surface area (Å²) in [5, 5.41) is 8.19. The highest BCUT2D eigenvalue weighted by atomic mass is 15.3. The quantitative estimate of drug-likeness (QED) is 0.849. The Morgan fingerprint density at radius 2 is 1.89 bits per heavy atom. The molecule has 1 aliphatic carbocycles. The average molecular weight is 263 g/mol. The van der Waals surface area contributed by atoms with Gasteiger partial charge in [0.15, 0.2) is 0 Å². The van der Waals surface area contributed by atoms with E-state index in [0.29, 0.717) is 22.8 Å². The van der Waals surface area contributed by atoms with Crippen molar-refractivity contribution in [2.75, 3.05) is 6.54 Å². The maximum Gasteiger partial charge on any atom is 0.0537 e. The molecule has 1 unspecified atom stereocenters. The van der Waals surface area contributed by atoms with Gasteiger partial charge in [-0.25, -0.2) is 0 Å². The second-order valence-corrected chi connectivity index (χ2v) is 6.98. The predicted molar refractivity (Wildman–Crippen MR) is 80.0 cm³/mol. The van der Waals surface area contributed by atoms with Crippen LogP contribution in [0.5, 0.6) is 0 Å². The highest BCUT2D eigenvalue weighted by molar-refractivity contribution is 5.24. The van der Waals surface area contributed by atoms with Crippen LogP contribution in [0.1, 0.15) is 59.6 Å². The van der Waals surface area contributed by atoms with Crippen molar-refractivity contribution in [1.29, 1.82) is 0 Å². The monoisotopic (exact) mass is 263 g/mol. The van der Waals surface area contributed by atoms with Gasteiger partial charge in [-0.1, -0.05) is 34.6 Å². The third kappa shape index (κ3) is 2.33. The van der Waals surface area contributed by atoms with Crippen molar-refractivity contribution in [3.8, 4) is 0 Å². The van der Waals surface area contributed by atoms with Gasteiger partial charge in [-0.2, -0.15) is 5.10 Å². The largest absolute Gasteiger partial charge is 0.310 e. The third-order valence-electron chi connectivity index (χ3n) is 5.42. The van der Waals surface area contributed by atoms with Crippen LogP contribution in [0.4, 0.5) is 0 Å². The molecule has 3 heteroatoms. The molecule has 0 saturated heterocycles.